The average Bonchev–Trinajstić information content (AvgIpc) is 3.47. The van der Waals surface area contributed by atoms with Crippen LogP contribution in [0.4, 0.5) is 13.2 Å². The number of likely N-dealkylation sites (tertiary alicyclic amines) is 1. The number of nitrogens with two attached hydrogens (primary N) is 1. The number of carbonyl (C=O) groups excluding carboxylic acids is 1. The summed E-state index contributed by atoms with van der Waals surface area (Å²) in [5, 5.41) is 3.55. The molecule has 2 atom stereocenters. The van der Waals surface area contributed by atoms with E-state index in [-0.39, 0.29) is 28.7 Å². The van der Waals surface area contributed by atoms with E-state index in [2.05, 4.69) is 17.3 Å². The van der Waals surface area contributed by atoms with Crippen LogP contribution in [0.25, 0.3) is 11.1 Å². The summed E-state index contributed by atoms with van der Waals surface area (Å²) in [5.41, 5.74) is 5.09. The zero-order valence-corrected chi connectivity index (χ0v) is 16.9. The second kappa shape index (κ2) is 8.04. The maximum absolute atomic E-state index is 14.3. The quantitative estimate of drug-likeness (QED) is 0.773. The van der Waals surface area contributed by atoms with Crippen molar-refractivity contribution in [3.8, 4) is 11.1 Å². The predicted molar refractivity (Wildman–Crippen MR) is 110 cm³/mol. The van der Waals surface area contributed by atoms with Gasteiger partial charge in [0.1, 0.15) is 0 Å². The van der Waals surface area contributed by atoms with Gasteiger partial charge in [-0.1, -0.05) is 36.4 Å². The molecule has 7 heteroatoms. The molecule has 3 N–H and O–H groups in total. The van der Waals surface area contributed by atoms with Crippen molar-refractivity contribution in [1.82, 2.24) is 10.2 Å². The fourth-order valence-electron chi connectivity index (χ4n) is 4.54. The highest BCUT2D eigenvalue weighted by molar-refractivity contribution is 6.01. The largest absolute Gasteiger partial charge is 0.417 e. The number of alkyl halides is 3. The Hall–Kier alpha value is -2.38. The van der Waals surface area contributed by atoms with Crippen molar-refractivity contribution in [1.29, 1.82) is 0 Å². The minimum absolute atomic E-state index is 0.0301. The molecule has 160 valence electrons. The van der Waals surface area contributed by atoms with Gasteiger partial charge in [0.05, 0.1) is 5.56 Å². The first-order valence-electron chi connectivity index (χ1n) is 10.3. The van der Waals surface area contributed by atoms with Crippen molar-refractivity contribution in [3.05, 3.63) is 59.2 Å². The molecule has 30 heavy (non-hydrogen) atoms. The van der Waals surface area contributed by atoms with Crippen LogP contribution in [0.5, 0.6) is 0 Å². The Balaban J connectivity index is 1.70. The van der Waals surface area contributed by atoms with Crippen LogP contribution >= 0.6 is 0 Å². The van der Waals surface area contributed by atoms with E-state index in [1.165, 1.54) is 12.1 Å². The molecule has 4 rings (SSSR count). The first-order chi connectivity index (χ1) is 14.3. The number of amides is 1. The molecule has 0 radical (unpaired) electrons. The van der Waals surface area contributed by atoms with E-state index in [0.29, 0.717) is 18.0 Å². The van der Waals surface area contributed by atoms with Crippen molar-refractivity contribution in [2.45, 2.75) is 43.4 Å². The number of nitrogens with zero attached hydrogens (tertiary/aromatic N) is 1. The molecule has 0 bridgehead atoms. The Morgan fingerprint density at radius 1 is 1.10 bits per heavy atom. The second-order valence-electron chi connectivity index (χ2n) is 8.37. The molecule has 4 nitrogen and oxygen atoms in total. The van der Waals surface area contributed by atoms with Crippen LogP contribution < -0.4 is 11.1 Å². The number of benzene rings is 2. The summed E-state index contributed by atoms with van der Waals surface area (Å²) in [4.78, 5) is 14.2. The molecule has 2 aromatic rings. The van der Waals surface area contributed by atoms with E-state index < -0.39 is 17.6 Å². The van der Waals surface area contributed by atoms with Crippen molar-refractivity contribution >= 4 is 5.91 Å². The molecule has 0 aromatic heterocycles. The maximum Gasteiger partial charge on any atom is 0.417 e. The van der Waals surface area contributed by atoms with Crippen molar-refractivity contribution in [3.63, 3.8) is 0 Å². The highest BCUT2D eigenvalue weighted by Gasteiger charge is 2.47. The van der Waals surface area contributed by atoms with Crippen LogP contribution in [0, 0.1) is 0 Å². The van der Waals surface area contributed by atoms with Gasteiger partial charge in [0, 0.05) is 29.1 Å². The lowest BCUT2D eigenvalue weighted by molar-refractivity contribution is -0.137. The van der Waals surface area contributed by atoms with Crippen LogP contribution in [-0.4, -0.2) is 43.0 Å². The Labute approximate surface area is 174 Å². The monoisotopic (exact) mass is 417 g/mol. The van der Waals surface area contributed by atoms with Crippen molar-refractivity contribution in [2.24, 2.45) is 5.73 Å². The van der Waals surface area contributed by atoms with Crippen LogP contribution in [0.1, 0.15) is 46.7 Å². The molecule has 2 aromatic carbocycles. The molecular weight excluding hydrogens is 391 g/mol. The van der Waals surface area contributed by atoms with E-state index in [1.807, 2.05) is 0 Å². The lowest BCUT2D eigenvalue weighted by Crippen LogP contribution is -2.42. The smallest absolute Gasteiger partial charge is 0.366 e. The second-order valence-corrected chi connectivity index (χ2v) is 8.37. The summed E-state index contributed by atoms with van der Waals surface area (Å²) >= 11 is 0. The molecule has 1 aliphatic carbocycles. The maximum atomic E-state index is 14.3. The van der Waals surface area contributed by atoms with E-state index >= 15 is 0 Å². The summed E-state index contributed by atoms with van der Waals surface area (Å²) < 4.78 is 42.8. The van der Waals surface area contributed by atoms with Crippen LogP contribution in [0.2, 0.25) is 0 Å². The van der Waals surface area contributed by atoms with Gasteiger partial charge < -0.3 is 16.0 Å². The lowest BCUT2D eigenvalue weighted by atomic mass is 9.88. The zero-order valence-electron chi connectivity index (χ0n) is 16.9. The zero-order chi connectivity index (χ0) is 21.5. The van der Waals surface area contributed by atoms with E-state index in [0.717, 1.165) is 25.9 Å². The Morgan fingerprint density at radius 3 is 2.37 bits per heavy atom. The van der Waals surface area contributed by atoms with Gasteiger partial charge in [0.25, 0.3) is 0 Å². The summed E-state index contributed by atoms with van der Waals surface area (Å²) in [5.74, 6) is -1.08. The third-order valence-corrected chi connectivity index (χ3v) is 6.21. The molecule has 1 saturated heterocycles. The number of nitrogens with one attached hydrogen (secondary N) is 1. The normalized spacial score (nSPS) is 22.8. The lowest BCUT2D eigenvalue weighted by Gasteiger charge is -2.30. The van der Waals surface area contributed by atoms with Crippen molar-refractivity contribution < 1.29 is 18.0 Å². The Morgan fingerprint density at radius 2 is 1.77 bits per heavy atom. The highest BCUT2D eigenvalue weighted by atomic mass is 19.4. The molecule has 2 aliphatic rings. The van der Waals surface area contributed by atoms with Crippen molar-refractivity contribution in [2.75, 3.05) is 20.1 Å². The molecule has 0 unspecified atom stereocenters. The third kappa shape index (κ3) is 4.23. The number of hydrogen-bond donors (Lipinski definition) is 2. The van der Waals surface area contributed by atoms with Gasteiger partial charge in [-0.05, 0) is 56.6 Å². The van der Waals surface area contributed by atoms with Gasteiger partial charge in [-0.3, -0.25) is 4.79 Å². The third-order valence-electron chi connectivity index (χ3n) is 6.21. The number of halogens is 3. The number of primary amides is 1. The molecular formula is C23H26F3N3O. The predicted octanol–water partition coefficient (Wildman–Crippen LogP) is 4.01. The van der Waals surface area contributed by atoms with Crippen LogP contribution in [-0.2, 0) is 6.18 Å². The molecule has 1 heterocycles. The fraction of sp³-hybridized carbons (Fsp3) is 0.435. The first kappa shape index (κ1) is 20.9. The van der Waals surface area contributed by atoms with E-state index in [9.17, 15) is 18.0 Å². The number of piperidine rings is 1. The minimum atomic E-state index is -4.59. The topological polar surface area (TPSA) is 58.4 Å². The molecule has 2 fully saturated rings. The van der Waals surface area contributed by atoms with Crippen LogP contribution in [0.15, 0.2) is 42.5 Å². The van der Waals surface area contributed by atoms with Gasteiger partial charge in [-0.25, -0.2) is 0 Å². The summed E-state index contributed by atoms with van der Waals surface area (Å²) in [6, 6.07) is 11.5. The minimum Gasteiger partial charge on any atom is -0.366 e. The van der Waals surface area contributed by atoms with Gasteiger partial charge in [0.15, 0.2) is 0 Å². The summed E-state index contributed by atoms with van der Waals surface area (Å²) in [6.07, 6.45) is -1.92. The summed E-state index contributed by atoms with van der Waals surface area (Å²) in [7, 11) is 2.08. The number of hydrogen-bond acceptors (Lipinski definition) is 3. The highest BCUT2D eigenvalue weighted by Crippen LogP contribution is 2.50. The SMILES string of the molecule is CN1CCC(N[C@H]2C[C@@H]2c2ccc(C(N)=O)c(-c3ccccc3)c2C(F)(F)F)CC1. The Bertz CT molecular complexity index is 921. The first-order valence-corrected chi connectivity index (χ1v) is 10.3. The van der Waals surface area contributed by atoms with Gasteiger partial charge in [-0.15, -0.1) is 0 Å². The average molecular weight is 417 g/mol. The molecule has 1 amide bonds. The molecule has 1 aliphatic heterocycles. The number of carbonyl (C=O) groups is 1. The van der Waals surface area contributed by atoms with Gasteiger partial charge in [0.2, 0.25) is 5.91 Å². The standard InChI is InChI=1S/C23H26F3N3O/c1-29-11-9-15(10-12-29)28-19-13-18(19)16-7-8-17(22(27)30)20(21(16)23(24,25)26)14-5-3-2-4-6-14/h2-8,15,18-19,28H,9-13H2,1H3,(H2,27,30)/t18-,19+/m1/s1. The summed E-state index contributed by atoms with van der Waals surface area (Å²) in [6.45, 7) is 1.99. The van der Waals surface area contributed by atoms with Gasteiger partial charge >= 0.3 is 6.18 Å². The van der Waals surface area contributed by atoms with E-state index in [1.54, 1.807) is 30.3 Å². The molecule has 1 saturated carbocycles. The van der Waals surface area contributed by atoms with E-state index in [4.69, 9.17) is 5.73 Å². The van der Waals surface area contributed by atoms with Crippen LogP contribution in [0.3, 0.4) is 0 Å². The fourth-order valence-corrected chi connectivity index (χ4v) is 4.54. The van der Waals surface area contributed by atoms with Gasteiger partial charge in [-0.2, -0.15) is 13.2 Å². The Kier molecular flexibility index (Phi) is 5.59. The number of rotatable bonds is 5. The molecule has 0 spiro atoms.